The number of carboxylic acids is 1. The summed E-state index contributed by atoms with van der Waals surface area (Å²) in [4.78, 5) is 15.7. The zero-order chi connectivity index (χ0) is 16.6. The molecule has 118 valence electrons. The molecule has 3 rings (SSSR count). The number of benzene rings is 1. The number of ether oxygens (including phenoxy) is 1. The van der Waals surface area contributed by atoms with Crippen molar-refractivity contribution in [2.24, 2.45) is 0 Å². The van der Waals surface area contributed by atoms with E-state index >= 15 is 0 Å². The Bertz CT molecular complexity index is 833. The van der Waals surface area contributed by atoms with Crippen LogP contribution in [0.25, 0.3) is 5.57 Å². The molecule has 1 heterocycles. The molecule has 1 aliphatic carbocycles. The molecule has 0 bridgehead atoms. The van der Waals surface area contributed by atoms with Crippen molar-refractivity contribution in [1.29, 1.82) is 0 Å². The molecule has 0 atom stereocenters. The third-order valence-electron chi connectivity index (χ3n) is 3.79. The topological polar surface area (TPSA) is 59.4 Å². The summed E-state index contributed by atoms with van der Waals surface area (Å²) in [6, 6.07) is 5.05. The van der Waals surface area contributed by atoms with E-state index in [1.54, 1.807) is 12.3 Å². The number of aromatic carboxylic acids is 1. The third-order valence-corrected chi connectivity index (χ3v) is 4.65. The van der Waals surface area contributed by atoms with E-state index in [0.29, 0.717) is 17.2 Å². The minimum Gasteiger partial charge on any atom is -0.495 e. The van der Waals surface area contributed by atoms with Gasteiger partial charge in [0.15, 0.2) is 0 Å². The van der Waals surface area contributed by atoms with Crippen molar-refractivity contribution in [2.75, 3.05) is 7.11 Å². The van der Waals surface area contributed by atoms with Gasteiger partial charge in [0.05, 0.1) is 23.4 Å². The summed E-state index contributed by atoms with van der Waals surface area (Å²) in [6.07, 6.45) is 5.17. The van der Waals surface area contributed by atoms with E-state index in [1.807, 2.05) is 6.07 Å². The fraction of sp³-hybridized carbons (Fsp3) is 0.176. The molecule has 0 amide bonds. The van der Waals surface area contributed by atoms with Crippen molar-refractivity contribution in [3.63, 3.8) is 0 Å². The van der Waals surface area contributed by atoms with Crippen LogP contribution in [0.5, 0.6) is 5.75 Å². The largest absolute Gasteiger partial charge is 0.495 e. The Balaban J connectivity index is 2.00. The number of hydrogen-bond donors (Lipinski definition) is 1. The summed E-state index contributed by atoms with van der Waals surface area (Å²) in [7, 11) is 1.47. The highest BCUT2D eigenvalue weighted by atomic mass is 79.9. The summed E-state index contributed by atoms with van der Waals surface area (Å²) in [5, 5.41) is 9.69. The summed E-state index contributed by atoms with van der Waals surface area (Å²) < 4.78 is 6.10. The second-order valence-electron chi connectivity index (χ2n) is 5.21. The van der Waals surface area contributed by atoms with Crippen molar-refractivity contribution >= 4 is 39.1 Å². The number of nitrogens with zero attached hydrogens (tertiary/aromatic N) is 1. The quantitative estimate of drug-likeness (QED) is 0.835. The van der Waals surface area contributed by atoms with Crippen LogP contribution < -0.4 is 4.74 Å². The number of carboxylic acid groups (broad SMARTS) is 1. The number of fused-ring (bicyclic) bond motifs is 1. The molecule has 0 spiro atoms. The first-order valence-electron chi connectivity index (χ1n) is 6.93. The Morgan fingerprint density at radius 3 is 2.91 bits per heavy atom. The fourth-order valence-electron chi connectivity index (χ4n) is 2.67. The Morgan fingerprint density at radius 1 is 1.43 bits per heavy atom. The van der Waals surface area contributed by atoms with E-state index in [4.69, 9.17) is 16.3 Å². The molecule has 0 aliphatic heterocycles. The Morgan fingerprint density at radius 2 is 2.22 bits per heavy atom. The molecule has 0 fully saturated rings. The van der Waals surface area contributed by atoms with Gasteiger partial charge in [-0.3, -0.25) is 4.98 Å². The van der Waals surface area contributed by atoms with Crippen molar-refractivity contribution in [3.8, 4) is 5.75 Å². The van der Waals surface area contributed by atoms with E-state index in [9.17, 15) is 9.90 Å². The van der Waals surface area contributed by atoms with Gasteiger partial charge in [-0.25, -0.2) is 4.79 Å². The van der Waals surface area contributed by atoms with Gasteiger partial charge < -0.3 is 9.84 Å². The Labute approximate surface area is 146 Å². The summed E-state index contributed by atoms with van der Waals surface area (Å²) in [6.45, 7) is 0. The van der Waals surface area contributed by atoms with Gasteiger partial charge in [0.1, 0.15) is 5.75 Å². The van der Waals surface area contributed by atoms with Crippen LogP contribution in [0.3, 0.4) is 0 Å². The first-order valence-corrected chi connectivity index (χ1v) is 8.10. The molecule has 4 nitrogen and oxygen atoms in total. The highest BCUT2D eigenvalue weighted by Crippen LogP contribution is 2.36. The average molecular weight is 395 g/mol. The molecule has 0 saturated carbocycles. The summed E-state index contributed by atoms with van der Waals surface area (Å²) in [5.41, 5.74) is 4.05. The number of halogens is 2. The number of hydrogen-bond acceptors (Lipinski definition) is 3. The van der Waals surface area contributed by atoms with Crippen LogP contribution in [0, 0.1) is 0 Å². The van der Waals surface area contributed by atoms with Gasteiger partial charge in [0, 0.05) is 22.7 Å². The number of methoxy groups -OCH3 is 1. The molecule has 6 heteroatoms. The maximum atomic E-state index is 11.3. The standard InChI is InChI=1S/C17H13BrClNO3/c1-23-15-6-11(17(21)22)5-10(16(15)19)4-9-2-3-14-13(9)7-12(18)8-20-14/h2,5-8H,3-4H2,1H3,(H,21,22). The van der Waals surface area contributed by atoms with E-state index in [2.05, 4.69) is 27.0 Å². The minimum atomic E-state index is -1.01. The van der Waals surface area contributed by atoms with Crippen molar-refractivity contribution in [3.05, 3.63) is 62.4 Å². The summed E-state index contributed by atoms with van der Waals surface area (Å²) >= 11 is 9.78. The predicted octanol–water partition coefficient (Wildman–Crippen LogP) is 4.39. The lowest BCUT2D eigenvalue weighted by Crippen LogP contribution is -2.01. The molecule has 23 heavy (non-hydrogen) atoms. The molecule has 1 aromatic carbocycles. The third kappa shape index (κ3) is 3.12. The monoisotopic (exact) mass is 393 g/mol. The van der Waals surface area contributed by atoms with Gasteiger partial charge in [-0.1, -0.05) is 17.7 Å². The number of allylic oxidation sites excluding steroid dienone is 2. The molecule has 0 saturated heterocycles. The molecule has 1 aliphatic rings. The van der Waals surface area contributed by atoms with Crippen molar-refractivity contribution < 1.29 is 14.6 Å². The van der Waals surface area contributed by atoms with Crippen LogP contribution in [0.1, 0.15) is 27.2 Å². The van der Waals surface area contributed by atoms with Crippen LogP contribution in [0.2, 0.25) is 5.02 Å². The normalized spacial score (nSPS) is 12.7. The highest BCUT2D eigenvalue weighted by Gasteiger charge is 2.19. The fourth-order valence-corrected chi connectivity index (χ4v) is 3.25. The SMILES string of the molecule is COc1cc(C(=O)O)cc(CC2=CCc3ncc(Br)cc32)c1Cl. The zero-order valence-corrected chi connectivity index (χ0v) is 14.6. The molecule has 1 N–H and O–H groups in total. The molecular formula is C17H13BrClNO3. The minimum absolute atomic E-state index is 0.160. The van der Waals surface area contributed by atoms with Crippen molar-refractivity contribution in [1.82, 2.24) is 4.98 Å². The second kappa shape index (κ2) is 6.34. The number of pyridine rings is 1. The first kappa shape index (κ1) is 16.0. The van der Waals surface area contributed by atoms with Gasteiger partial charge in [0.25, 0.3) is 0 Å². The van der Waals surface area contributed by atoms with Crippen LogP contribution in [-0.4, -0.2) is 23.2 Å². The van der Waals surface area contributed by atoms with Gasteiger partial charge in [-0.2, -0.15) is 0 Å². The first-order chi connectivity index (χ1) is 11.0. The van der Waals surface area contributed by atoms with Crippen LogP contribution >= 0.6 is 27.5 Å². The van der Waals surface area contributed by atoms with E-state index in [0.717, 1.165) is 33.3 Å². The lowest BCUT2D eigenvalue weighted by molar-refractivity contribution is 0.0696. The average Bonchev–Trinajstić information content (AvgIpc) is 2.91. The van der Waals surface area contributed by atoms with Gasteiger partial charge in [-0.05, 0) is 51.7 Å². The number of rotatable bonds is 4. The number of carbonyl (C=O) groups is 1. The predicted molar refractivity (Wildman–Crippen MR) is 92.3 cm³/mol. The van der Waals surface area contributed by atoms with Crippen LogP contribution in [0.4, 0.5) is 0 Å². The zero-order valence-electron chi connectivity index (χ0n) is 12.3. The lowest BCUT2D eigenvalue weighted by atomic mass is 9.99. The summed E-state index contributed by atoms with van der Waals surface area (Å²) in [5.74, 6) is -0.640. The molecule has 0 radical (unpaired) electrons. The Kier molecular flexibility index (Phi) is 4.41. The Hall–Kier alpha value is -1.85. The van der Waals surface area contributed by atoms with E-state index in [1.165, 1.54) is 13.2 Å². The van der Waals surface area contributed by atoms with Gasteiger partial charge in [0.2, 0.25) is 0 Å². The van der Waals surface area contributed by atoms with Gasteiger partial charge in [-0.15, -0.1) is 0 Å². The maximum Gasteiger partial charge on any atom is 0.335 e. The number of aromatic nitrogens is 1. The maximum absolute atomic E-state index is 11.3. The molecule has 0 unspecified atom stereocenters. The second-order valence-corrected chi connectivity index (χ2v) is 6.51. The van der Waals surface area contributed by atoms with Crippen molar-refractivity contribution in [2.45, 2.75) is 12.8 Å². The van der Waals surface area contributed by atoms with E-state index in [-0.39, 0.29) is 5.56 Å². The van der Waals surface area contributed by atoms with Gasteiger partial charge >= 0.3 is 5.97 Å². The lowest BCUT2D eigenvalue weighted by Gasteiger charge is -2.12. The smallest absolute Gasteiger partial charge is 0.335 e. The molecule has 2 aromatic rings. The van der Waals surface area contributed by atoms with E-state index < -0.39 is 5.97 Å². The highest BCUT2D eigenvalue weighted by molar-refractivity contribution is 9.10. The molecular weight excluding hydrogens is 382 g/mol. The van der Waals surface area contributed by atoms with Crippen LogP contribution in [0.15, 0.2) is 34.9 Å². The molecule has 1 aromatic heterocycles. The van der Waals surface area contributed by atoms with Crippen LogP contribution in [-0.2, 0) is 12.8 Å².